The molecule has 0 saturated carbocycles. The number of benzene rings is 1. The molecule has 8 heteroatoms. The molecule has 1 aromatic heterocycles. The Kier molecular flexibility index (Phi) is 9.34. The molecule has 0 radical (unpaired) electrons. The van der Waals surface area contributed by atoms with Gasteiger partial charge in [-0.25, -0.2) is 9.59 Å². The van der Waals surface area contributed by atoms with Crippen molar-refractivity contribution >= 4 is 23.7 Å². The summed E-state index contributed by atoms with van der Waals surface area (Å²) < 4.78 is 10.2. The number of carbonyl (C=O) groups excluding carboxylic acids is 3. The molecule has 2 unspecified atom stereocenters. The molecule has 2 atom stereocenters. The summed E-state index contributed by atoms with van der Waals surface area (Å²) in [7, 11) is 1.29. The van der Waals surface area contributed by atoms with E-state index in [0.29, 0.717) is 28.9 Å². The molecule has 0 spiro atoms. The van der Waals surface area contributed by atoms with Crippen molar-refractivity contribution in [3.8, 4) is 11.1 Å². The third-order valence-corrected chi connectivity index (χ3v) is 5.01. The van der Waals surface area contributed by atoms with Crippen LogP contribution in [-0.2, 0) is 14.3 Å². The number of ether oxygens (including phenoxy) is 2. The lowest BCUT2D eigenvalue weighted by Crippen LogP contribution is -2.35. The minimum absolute atomic E-state index is 0.270. The average molecular weight is 480 g/mol. The molecule has 0 fully saturated rings. The zero-order valence-electron chi connectivity index (χ0n) is 20.9. The van der Waals surface area contributed by atoms with Gasteiger partial charge in [-0.1, -0.05) is 25.1 Å². The van der Waals surface area contributed by atoms with E-state index in [-0.39, 0.29) is 5.91 Å². The van der Waals surface area contributed by atoms with Gasteiger partial charge in [0.25, 0.3) is 0 Å². The van der Waals surface area contributed by atoms with Gasteiger partial charge in [-0.15, -0.1) is 13.2 Å². The Morgan fingerprint density at radius 3 is 2.46 bits per heavy atom. The Morgan fingerprint density at radius 2 is 1.86 bits per heavy atom. The van der Waals surface area contributed by atoms with Crippen molar-refractivity contribution in [1.82, 2.24) is 10.3 Å². The number of anilines is 1. The number of pyridine rings is 1. The van der Waals surface area contributed by atoms with Gasteiger partial charge in [0.2, 0.25) is 5.91 Å². The number of aromatic nitrogens is 1. The van der Waals surface area contributed by atoms with Crippen LogP contribution in [0.25, 0.3) is 11.1 Å². The van der Waals surface area contributed by atoms with Crippen molar-refractivity contribution in [1.29, 1.82) is 0 Å². The molecule has 2 amide bonds. The maximum absolute atomic E-state index is 12.6. The molecule has 186 valence electrons. The van der Waals surface area contributed by atoms with Crippen molar-refractivity contribution in [3.05, 3.63) is 73.1 Å². The van der Waals surface area contributed by atoms with Crippen molar-refractivity contribution in [2.24, 2.45) is 5.92 Å². The molecule has 0 aliphatic carbocycles. The molecule has 0 aliphatic heterocycles. The Morgan fingerprint density at radius 1 is 1.14 bits per heavy atom. The van der Waals surface area contributed by atoms with Crippen LogP contribution in [0.3, 0.4) is 0 Å². The number of methoxy groups -OCH3 is 1. The van der Waals surface area contributed by atoms with Crippen LogP contribution < -0.4 is 10.6 Å². The van der Waals surface area contributed by atoms with Gasteiger partial charge in [0.1, 0.15) is 5.60 Å². The summed E-state index contributed by atoms with van der Waals surface area (Å²) in [6.07, 6.45) is 4.70. The molecule has 35 heavy (non-hydrogen) atoms. The second-order valence-electron chi connectivity index (χ2n) is 8.96. The lowest BCUT2D eigenvalue weighted by molar-refractivity contribution is -0.118. The average Bonchev–Trinajstić information content (AvgIpc) is 2.81. The van der Waals surface area contributed by atoms with Crippen LogP contribution in [0.5, 0.6) is 0 Å². The summed E-state index contributed by atoms with van der Waals surface area (Å²) >= 11 is 0. The summed E-state index contributed by atoms with van der Waals surface area (Å²) in [5.74, 6) is -1.23. The van der Waals surface area contributed by atoms with Crippen molar-refractivity contribution in [2.75, 3.05) is 12.4 Å². The van der Waals surface area contributed by atoms with Crippen LogP contribution in [0.1, 0.15) is 56.2 Å². The van der Waals surface area contributed by atoms with Crippen molar-refractivity contribution < 1.29 is 23.9 Å². The number of alkyl carbamates (subject to hydrolysis) is 1. The van der Waals surface area contributed by atoms with Crippen LogP contribution in [0.2, 0.25) is 0 Å². The van der Waals surface area contributed by atoms with Gasteiger partial charge in [0.15, 0.2) is 0 Å². The van der Waals surface area contributed by atoms with Gasteiger partial charge in [-0.3, -0.25) is 9.78 Å². The van der Waals surface area contributed by atoms with Crippen LogP contribution >= 0.6 is 0 Å². The van der Waals surface area contributed by atoms with Crippen LogP contribution in [0.4, 0.5) is 10.5 Å². The fourth-order valence-electron chi connectivity index (χ4n) is 3.17. The molecule has 2 N–H and O–H groups in total. The molecule has 2 rings (SSSR count). The van der Waals surface area contributed by atoms with E-state index in [1.54, 1.807) is 64.2 Å². The van der Waals surface area contributed by atoms with Crippen molar-refractivity contribution in [3.63, 3.8) is 0 Å². The quantitative estimate of drug-likeness (QED) is 0.366. The Bertz CT molecular complexity index is 1100. The van der Waals surface area contributed by atoms with Gasteiger partial charge < -0.3 is 20.1 Å². The molecular formula is C27H33N3O5. The monoisotopic (exact) mass is 479 g/mol. The zero-order chi connectivity index (χ0) is 26.2. The van der Waals surface area contributed by atoms with Crippen molar-refractivity contribution in [2.45, 2.75) is 45.8 Å². The molecule has 8 nitrogen and oxygen atoms in total. The number of rotatable bonds is 9. The molecule has 1 heterocycles. The number of nitrogens with zero attached hydrogens (tertiary/aromatic N) is 1. The van der Waals surface area contributed by atoms with E-state index in [9.17, 15) is 14.4 Å². The fourth-order valence-corrected chi connectivity index (χ4v) is 3.17. The van der Waals surface area contributed by atoms with E-state index in [2.05, 4.69) is 28.8 Å². The highest BCUT2D eigenvalue weighted by atomic mass is 16.6. The number of nitrogens with one attached hydrogen (secondary N) is 2. The minimum Gasteiger partial charge on any atom is -0.465 e. The number of esters is 1. The number of amides is 2. The topological polar surface area (TPSA) is 107 Å². The maximum Gasteiger partial charge on any atom is 0.408 e. The Labute approximate surface area is 206 Å². The van der Waals surface area contributed by atoms with Crippen LogP contribution in [0.15, 0.2) is 61.8 Å². The van der Waals surface area contributed by atoms with Crippen LogP contribution in [0, 0.1) is 5.92 Å². The highest BCUT2D eigenvalue weighted by Gasteiger charge is 2.22. The number of hydrogen-bond donors (Lipinski definition) is 2. The van der Waals surface area contributed by atoms with Crippen LogP contribution in [-0.4, -0.2) is 35.7 Å². The first-order valence-electron chi connectivity index (χ1n) is 11.2. The van der Waals surface area contributed by atoms with Gasteiger partial charge >= 0.3 is 12.1 Å². The summed E-state index contributed by atoms with van der Waals surface area (Å²) in [6.45, 7) is 14.5. The molecule has 0 saturated heterocycles. The molecule has 0 aliphatic rings. The molecule has 0 bridgehead atoms. The fraction of sp³-hybridized carbons (Fsp3) is 0.333. The highest BCUT2D eigenvalue weighted by molar-refractivity contribution is 6.00. The predicted octanol–water partition coefficient (Wildman–Crippen LogP) is 5.44. The van der Waals surface area contributed by atoms with Gasteiger partial charge in [0, 0.05) is 17.4 Å². The first-order valence-corrected chi connectivity index (χ1v) is 11.2. The zero-order valence-corrected chi connectivity index (χ0v) is 20.9. The van der Waals surface area contributed by atoms with E-state index in [1.165, 1.54) is 13.2 Å². The largest absolute Gasteiger partial charge is 0.465 e. The number of hydrogen-bond acceptors (Lipinski definition) is 6. The third kappa shape index (κ3) is 7.81. The summed E-state index contributed by atoms with van der Waals surface area (Å²) in [5, 5.41) is 5.70. The van der Waals surface area contributed by atoms with Gasteiger partial charge in [-0.2, -0.15) is 0 Å². The third-order valence-electron chi connectivity index (χ3n) is 5.01. The Hall–Kier alpha value is -3.94. The smallest absolute Gasteiger partial charge is 0.408 e. The standard InChI is InChI=1S/C27H33N3O5/c1-8-10-21(30-26(33)35-27(4,5)6)23-15-18(13-14-28-23)20-12-11-19(25(32)34-7)16-22(20)29-24(31)17(3)9-2/h8-9,11-17,21H,1-2,10H2,3-7H3,(H,29,31)(H,30,33). The number of carbonyl (C=O) groups is 3. The lowest BCUT2D eigenvalue weighted by atomic mass is 9.99. The molecular weight excluding hydrogens is 446 g/mol. The second-order valence-corrected chi connectivity index (χ2v) is 8.96. The normalized spacial score (nSPS) is 12.6. The van der Waals surface area contributed by atoms with E-state index >= 15 is 0 Å². The van der Waals surface area contributed by atoms with Gasteiger partial charge in [-0.05, 0) is 57.0 Å². The molecule has 1 aromatic carbocycles. The van der Waals surface area contributed by atoms with E-state index in [1.807, 2.05) is 6.07 Å². The predicted molar refractivity (Wildman–Crippen MR) is 136 cm³/mol. The minimum atomic E-state index is -0.644. The summed E-state index contributed by atoms with van der Waals surface area (Å²) in [4.78, 5) is 41.5. The SMILES string of the molecule is C=CCC(NC(=O)OC(C)(C)C)c1cc(-c2ccc(C(=O)OC)cc2NC(=O)C(C)C=C)ccn1. The first kappa shape index (κ1) is 27.3. The van der Waals surface area contributed by atoms with E-state index in [4.69, 9.17) is 9.47 Å². The van der Waals surface area contributed by atoms with E-state index < -0.39 is 29.6 Å². The second kappa shape index (κ2) is 12.0. The Balaban J connectivity index is 2.48. The highest BCUT2D eigenvalue weighted by Crippen LogP contribution is 2.31. The summed E-state index contributed by atoms with van der Waals surface area (Å²) in [6, 6.07) is 8.02. The first-order chi connectivity index (χ1) is 16.5. The van der Waals surface area contributed by atoms with E-state index in [0.717, 1.165) is 5.56 Å². The maximum atomic E-state index is 12.6. The summed E-state index contributed by atoms with van der Waals surface area (Å²) in [5.41, 5.74) is 2.07. The molecule has 2 aromatic rings. The lowest BCUT2D eigenvalue weighted by Gasteiger charge is -2.23. The van der Waals surface area contributed by atoms with Gasteiger partial charge in [0.05, 0.1) is 30.3 Å².